The fourth-order valence-electron chi connectivity index (χ4n) is 2.11. The number of carbonyl (C=O) groups is 1. The van der Waals surface area contributed by atoms with Gasteiger partial charge in [0, 0.05) is 28.3 Å². The molecule has 26 heavy (non-hydrogen) atoms. The second kappa shape index (κ2) is 7.58. The smallest absolute Gasteiger partial charge is 0.306 e. The summed E-state index contributed by atoms with van der Waals surface area (Å²) in [6.07, 6.45) is 0.427. The Balaban J connectivity index is 1.26. The zero-order valence-electron chi connectivity index (χ0n) is 13.3. The van der Waals surface area contributed by atoms with Crippen LogP contribution in [0.1, 0.15) is 18.2 Å². The number of hydrogen-bond acceptors (Lipinski definition) is 10. The van der Waals surface area contributed by atoms with E-state index in [1.165, 1.54) is 0 Å². The van der Waals surface area contributed by atoms with Crippen LogP contribution in [0.15, 0.2) is 42.7 Å². The molecule has 0 spiro atoms. The van der Waals surface area contributed by atoms with Crippen molar-refractivity contribution in [3.63, 3.8) is 0 Å². The van der Waals surface area contributed by atoms with Gasteiger partial charge in [0.25, 0.3) is 5.89 Å². The maximum atomic E-state index is 11.9. The molecule has 10 heteroatoms. The summed E-state index contributed by atoms with van der Waals surface area (Å²) in [4.78, 5) is 20.3. The molecule has 0 aliphatic carbocycles. The second-order valence-corrected chi connectivity index (χ2v) is 6.77. The Labute approximate surface area is 155 Å². The Morgan fingerprint density at radius 3 is 2.19 bits per heavy atom. The predicted octanol–water partition coefficient (Wildman–Crippen LogP) is 3.59. The molecule has 4 rings (SSSR count). The molecule has 0 aliphatic rings. The van der Waals surface area contributed by atoms with Gasteiger partial charge in [-0.15, -0.1) is 0 Å². The molecule has 0 fully saturated rings. The minimum absolute atomic E-state index is 0.0695. The van der Waals surface area contributed by atoms with E-state index in [0.717, 1.165) is 11.1 Å². The van der Waals surface area contributed by atoms with Gasteiger partial charge >= 0.3 is 5.97 Å². The Bertz CT molecular complexity index is 897. The number of ether oxygens (including phenoxy) is 1. The molecule has 0 N–H and O–H groups in total. The summed E-state index contributed by atoms with van der Waals surface area (Å²) >= 11 is 3.09. The number of hydrogen-bond donors (Lipinski definition) is 0. The largest absolute Gasteiger partial charge is 0.456 e. The first kappa shape index (κ1) is 16.6. The van der Waals surface area contributed by atoms with Gasteiger partial charge in [0.05, 0.1) is 6.42 Å². The summed E-state index contributed by atoms with van der Waals surface area (Å²) in [6, 6.07) is 3.79. The highest BCUT2D eigenvalue weighted by atomic mass is 32.1. The van der Waals surface area contributed by atoms with Crippen molar-refractivity contribution in [2.75, 3.05) is 0 Å². The zero-order valence-corrected chi connectivity index (χ0v) is 15.0. The second-order valence-electron chi connectivity index (χ2n) is 5.21. The third kappa shape index (κ3) is 3.86. The van der Waals surface area contributed by atoms with Gasteiger partial charge in [0.2, 0.25) is 17.5 Å². The quantitative estimate of drug-likeness (QED) is 0.442. The molecule has 132 valence electrons. The lowest BCUT2D eigenvalue weighted by Gasteiger charge is -1.99. The Kier molecular flexibility index (Phi) is 4.84. The van der Waals surface area contributed by atoms with Crippen LogP contribution in [0.25, 0.3) is 22.8 Å². The third-order valence-electron chi connectivity index (χ3n) is 3.39. The van der Waals surface area contributed by atoms with E-state index in [2.05, 4.69) is 20.3 Å². The molecule has 0 saturated carbocycles. The number of carbonyl (C=O) groups excluding carboxylic acids is 1. The topological polar surface area (TPSA) is 104 Å². The van der Waals surface area contributed by atoms with Gasteiger partial charge in [-0.05, 0) is 22.9 Å². The normalized spacial score (nSPS) is 10.9. The van der Waals surface area contributed by atoms with Crippen molar-refractivity contribution in [2.24, 2.45) is 0 Å². The molecule has 4 aromatic heterocycles. The Morgan fingerprint density at radius 1 is 0.962 bits per heavy atom. The highest BCUT2D eigenvalue weighted by molar-refractivity contribution is 7.08. The van der Waals surface area contributed by atoms with Crippen LogP contribution in [0.3, 0.4) is 0 Å². The first-order valence-electron chi connectivity index (χ1n) is 7.64. The number of aryl methyl sites for hydroxylation is 1. The maximum Gasteiger partial charge on any atom is 0.306 e. The lowest BCUT2D eigenvalue weighted by molar-refractivity contribution is -0.145. The van der Waals surface area contributed by atoms with E-state index in [1.54, 1.807) is 22.7 Å². The van der Waals surface area contributed by atoms with Gasteiger partial charge in [0.1, 0.15) is 0 Å². The van der Waals surface area contributed by atoms with Crippen LogP contribution in [-0.2, 0) is 22.6 Å². The predicted molar refractivity (Wildman–Crippen MR) is 93.3 cm³/mol. The molecule has 0 atom stereocenters. The molecule has 0 amide bonds. The standard InChI is InChI=1S/C16H12N4O4S2/c21-14(2-1-12-17-15(19-23-12)10-3-5-25-8-10)22-7-13-18-16(20-24-13)11-4-6-26-9-11/h3-6,8-9H,1-2,7H2. The van der Waals surface area contributed by atoms with Crippen LogP contribution >= 0.6 is 22.7 Å². The lowest BCUT2D eigenvalue weighted by Crippen LogP contribution is -2.06. The lowest BCUT2D eigenvalue weighted by atomic mass is 10.3. The van der Waals surface area contributed by atoms with Gasteiger partial charge in [-0.3, -0.25) is 4.79 Å². The average molecular weight is 388 g/mol. The minimum atomic E-state index is -0.407. The van der Waals surface area contributed by atoms with Crippen molar-refractivity contribution in [1.29, 1.82) is 0 Å². The molecular weight excluding hydrogens is 376 g/mol. The maximum absolute atomic E-state index is 11.9. The average Bonchev–Trinajstić information content (AvgIpc) is 3.44. The summed E-state index contributed by atoms with van der Waals surface area (Å²) in [6.45, 7) is -0.0695. The summed E-state index contributed by atoms with van der Waals surface area (Å²) < 4.78 is 15.4. The Morgan fingerprint density at radius 2 is 1.58 bits per heavy atom. The SMILES string of the molecule is O=C(CCc1nc(-c2ccsc2)no1)OCc1nc(-c2ccsc2)no1. The number of thiophene rings is 2. The van der Waals surface area contributed by atoms with Gasteiger partial charge < -0.3 is 13.8 Å². The number of rotatable bonds is 7. The van der Waals surface area contributed by atoms with Crippen molar-refractivity contribution in [2.45, 2.75) is 19.4 Å². The molecule has 0 saturated heterocycles. The molecule has 0 radical (unpaired) electrons. The first-order valence-corrected chi connectivity index (χ1v) is 9.52. The van der Waals surface area contributed by atoms with Crippen molar-refractivity contribution < 1.29 is 18.6 Å². The van der Waals surface area contributed by atoms with E-state index >= 15 is 0 Å². The molecule has 0 aromatic carbocycles. The van der Waals surface area contributed by atoms with Crippen LogP contribution in [0, 0.1) is 0 Å². The molecule has 8 nitrogen and oxygen atoms in total. The van der Waals surface area contributed by atoms with Gasteiger partial charge in [0.15, 0.2) is 6.61 Å². The van der Waals surface area contributed by atoms with Crippen LogP contribution in [0.5, 0.6) is 0 Å². The monoisotopic (exact) mass is 388 g/mol. The zero-order chi connectivity index (χ0) is 17.8. The van der Waals surface area contributed by atoms with Crippen molar-refractivity contribution in [3.05, 3.63) is 45.4 Å². The van der Waals surface area contributed by atoms with Crippen molar-refractivity contribution >= 4 is 28.6 Å². The van der Waals surface area contributed by atoms with E-state index in [1.807, 2.05) is 33.7 Å². The van der Waals surface area contributed by atoms with Crippen LogP contribution in [0.2, 0.25) is 0 Å². The summed E-state index contributed by atoms with van der Waals surface area (Å²) in [7, 11) is 0. The summed E-state index contributed by atoms with van der Waals surface area (Å²) in [5.41, 5.74) is 1.76. The molecule has 0 bridgehead atoms. The van der Waals surface area contributed by atoms with E-state index in [9.17, 15) is 4.79 Å². The number of esters is 1. The number of nitrogens with zero attached hydrogens (tertiary/aromatic N) is 4. The molecular formula is C16H12N4O4S2. The van der Waals surface area contributed by atoms with Crippen molar-refractivity contribution in [3.8, 4) is 22.8 Å². The third-order valence-corrected chi connectivity index (χ3v) is 4.76. The summed E-state index contributed by atoms with van der Waals surface area (Å²) in [5, 5.41) is 15.4. The Hall–Kier alpha value is -2.85. The van der Waals surface area contributed by atoms with Crippen LogP contribution in [-0.4, -0.2) is 26.3 Å². The van der Waals surface area contributed by atoms with Gasteiger partial charge in [-0.25, -0.2) is 0 Å². The number of aromatic nitrogens is 4. The fraction of sp³-hybridized carbons (Fsp3) is 0.188. The highest BCUT2D eigenvalue weighted by Gasteiger charge is 2.14. The van der Waals surface area contributed by atoms with Crippen molar-refractivity contribution in [1.82, 2.24) is 20.3 Å². The summed E-state index contributed by atoms with van der Waals surface area (Å²) in [5.74, 6) is 1.22. The van der Waals surface area contributed by atoms with E-state index < -0.39 is 5.97 Å². The van der Waals surface area contributed by atoms with Crippen LogP contribution in [0.4, 0.5) is 0 Å². The fourth-order valence-corrected chi connectivity index (χ4v) is 3.38. The highest BCUT2D eigenvalue weighted by Crippen LogP contribution is 2.20. The molecule has 0 aliphatic heterocycles. The first-order chi connectivity index (χ1) is 12.8. The van der Waals surface area contributed by atoms with Gasteiger partial charge in [-0.2, -0.15) is 32.6 Å². The van der Waals surface area contributed by atoms with E-state index in [0.29, 0.717) is 24.0 Å². The van der Waals surface area contributed by atoms with E-state index in [4.69, 9.17) is 13.8 Å². The molecule has 4 heterocycles. The van der Waals surface area contributed by atoms with Gasteiger partial charge in [-0.1, -0.05) is 10.3 Å². The minimum Gasteiger partial charge on any atom is -0.456 e. The molecule has 4 aromatic rings. The van der Waals surface area contributed by atoms with E-state index in [-0.39, 0.29) is 18.9 Å². The van der Waals surface area contributed by atoms with Crippen LogP contribution < -0.4 is 0 Å². The molecule has 0 unspecified atom stereocenters.